The Bertz CT molecular complexity index is 573. The van der Waals surface area contributed by atoms with Crippen LogP contribution < -0.4 is 0 Å². The van der Waals surface area contributed by atoms with Gasteiger partial charge in [0.2, 0.25) is 5.91 Å². The first kappa shape index (κ1) is 17.5. The number of hydrogen-bond donors (Lipinski definition) is 0. The Morgan fingerprint density at radius 2 is 1.95 bits per heavy atom. The molecule has 3 atom stereocenters. The van der Waals surface area contributed by atoms with Crippen molar-refractivity contribution < 1.29 is 13.2 Å². The molecule has 2 rings (SSSR count). The fourth-order valence-electron chi connectivity index (χ4n) is 3.73. The van der Waals surface area contributed by atoms with E-state index in [9.17, 15) is 13.2 Å². The predicted molar refractivity (Wildman–Crippen MR) is 89.3 cm³/mol. The summed E-state index contributed by atoms with van der Waals surface area (Å²) in [5.41, 5.74) is 1.22. The number of carbonyl (C=O) groups excluding carboxylic acids is 1. The first-order chi connectivity index (χ1) is 10.1. The number of rotatable bonds is 5. The molecule has 0 unspecified atom stereocenters. The summed E-state index contributed by atoms with van der Waals surface area (Å²) < 4.78 is 23.5. The third kappa shape index (κ3) is 3.39. The van der Waals surface area contributed by atoms with Gasteiger partial charge < -0.3 is 4.90 Å². The van der Waals surface area contributed by atoms with Crippen LogP contribution >= 0.6 is 0 Å². The molecule has 1 amide bonds. The molecule has 22 heavy (non-hydrogen) atoms. The Kier molecular flexibility index (Phi) is 4.77. The molecule has 0 aromatic rings. The van der Waals surface area contributed by atoms with E-state index in [1.54, 1.807) is 0 Å². The minimum Gasteiger partial charge on any atom is -0.338 e. The first-order valence-electron chi connectivity index (χ1n) is 8.26. The fourth-order valence-corrected chi connectivity index (χ4v) is 5.46. The largest absolute Gasteiger partial charge is 0.338 e. The highest BCUT2D eigenvalue weighted by Gasteiger charge is 2.61. The molecule has 0 aromatic heterocycles. The smallest absolute Gasteiger partial charge is 0.227 e. The lowest BCUT2D eigenvalue weighted by Gasteiger charge is -2.28. The fraction of sp³-hybridized carbons (Fsp3) is 0.824. The van der Waals surface area contributed by atoms with Crippen LogP contribution in [-0.2, 0) is 14.6 Å². The van der Waals surface area contributed by atoms with E-state index in [2.05, 4.69) is 33.8 Å². The van der Waals surface area contributed by atoms with E-state index in [1.165, 1.54) is 5.57 Å². The van der Waals surface area contributed by atoms with Crippen molar-refractivity contribution in [3.63, 3.8) is 0 Å². The number of sulfone groups is 1. The number of hydrogen-bond acceptors (Lipinski definition) is 3. The van der Waals surface area contributed by atoms with Crippen molar-refractivity contribution in [1.82, 2.24) is 4.90 Å². The lowest BCUT2D eigenvalue weighted by Crippen LogP contribution is -2.43. The van der Waals surface area contributed by atoms with Gasteiger partial charge in [-0.3, -0.25) is 4.79 Å². The van der Waals surface area contributed by atoms with Gasteiger partial charge in [0.1, 0.15) is 0 Å². The van der Waals surface area contributed by atoms with Crippen LogP contribution in [0.4, 0.5) is 0 Å². The molecule has 0 radical (unpaired) electrons. The molecular weight excluding hydrogens is 298 g/mol. The first-order valence-corrected chi connectivity index (χ1v) is 10.1. The zero-order valence-corrected chi connectivity index (χ0v) is 15.2. The Hall–Kier alpha value is -0.840. The summed E-state index contributed by atoms with van der Waals surface area (Å²) in [4.78, 5) is 14.9. The molecule has 1 aliphatic heterocycles. The molecule has 0 aromatic carbocycles. The zero-order valence-electron chi connectivity index (χ0n) is 14.4. The maximum atomic E-state index is 13.0. The van der Waals surface area contributed by atoms with Crippen LogP contribution in [0.15, 0.2) is 11.6 Å². The molecule has 4 nitrogen and oxygen atoms in total. The second-order valence-electron chi connectivity index (χ2n) is 7.66. The van der Waals surface area contributed by atoms with Gasteiger partial charge in [0.25, 0.3) is 0 Å². The zero-order chi connectivity index (χ0) is 16.7. The highest BCUT2D eigenvalue weighted by Crippen LogP contribution is 2.60. The van der Waals surface area contributed by atoms with E-state index < -0.39 is 9.84 Å². The monoisotopic (exact) mass is 327 g/mol. The quantitative estimate of drug-likeness (QED) is 0.730. The van der Waals surface area contributed by atoms with E-state index in [1.807, 2.05) is 11.8 Å². The van der Waals surface area contributed by atoms with Crippen LogP contribution in [0.25, 0.3) is 0 Å². The standard InChI is InChI=1S/C17H29NO3S/c1-6-8-18(13-7-9-22(20,21)11-13)16(19)15-14(10-12(2)3)17(15,4)5/h10,13-15H,6-9,11H2,1-5H3/t13-,14-,15+/m1/s1. The summed E-state index contributed by atoms with van der Waals surface area (Å²) in [5, 5.41) is 0. The van der Waals surface area contributed by atoms with Crippen LogP contribution in [0, 0.1) is 17.3 Å². The Balaban J connectivity index is 2.16. The Morgan fingerprint density at radius 3 is 2.41 bits per heavy atom. The van der Waals surface area contributed by atoms with Gasteiger partial charge in [0.05, 0.1) is 17.4 Å². The number of carbonyl (C=O) groups is 1. The molecule has 0 bridgehead atoms. The molecule has 1 heterocycles. The molecule has 5 heteroatoms. The molecule has 1 saturated heterocycles. The van der Waals surface area contributed by atoms with Crippen LogP contribution in [0.1, 0.15) is 47.5 Å². The van der Waals surface area contributed by atoms with Crippen LogP contribution in [0.3, 0.4) is 0 Å². The van der Waals surface area contributed by atoms with Crippen molar-refractivity contribution in [2.75, 3.05) is 18.1 Å². The summed E-state index contributed by atoms with van der Waals surface area (Å²) in [6.07, 6.45) is 3.65. The minimum atomic E-state index is -2.96. The summed E-state index contributed by atoms with van der Waals surface area (Å²) >= 11 is 0. The number of allylic oxidation sites excluding steroid dienone is 2. The summed E-state index contributed by atoms with van der Waals surface area (Å²) in [7, 11) is -2.96. The van der Waals surface area contributed by atoms with Crippen molar-refractivity contribution in [1.29, 1.82) is 0 Å². The van der Waals surface area contributed by atoms with E-state index in [-0.39, 0.29) is 40.7 Å². The minimum absolute atomic E-state index is 0.00254. The number of nitrogens with zero attached hydrogens (tertiary/aromatic N) is 1. The van der Waals surface area contributed by atoms with Gasteiger partial charge in [-0.25, -0.2) is 8.42 Å². The third-order valence-electron chi connectivity index (χ3n) is 5.09. The predicted octanol–water partition coefficient (Wildman–Crippen LogP) is 2.65. The van der Waals surface area contributed by atoms with Crippen molar-refractivity contribution in [2.24, 2.45) is 17.3 Å². The summed E-state index contributed by atoms with van der Waals surface area (Å²) in [6.45, 7) is 11.1. The van der Waals surface area contributed by atoms with E-state index in [0.29, 0.717) is 13.0 Å². The van der Waals surface area contributed by atoms with E-state index in [0.717, 1.165) is 6.42 Å². The van der Waals surface area contributed by atoms with E-state index in [4.69, 9.17) is 0 Å². The molecule has 126 valence electrons. The second-order valence-corrected chi connectivity index (χ2v) is 9.89. The highest BCUT2D eigenvalue weighted by molar-refractivity contribution is 7.91. The summed E-state index contributed by atoms with van der Waals surface area (Å²) in [5.74, 6) is 0.784. The van der Waals surface area contributed by atoms with Gasteiger partial charge in [-0.05, 0) is 38.0 Å². The molecule has 1 saturated carbocycles. The van der Waals surface area contributed by atoms with Crippen molar-refractivity contribution in [2.45, 2.75) is 53.5 Å². The topological polar surface area (TPSA) is 54.5 Å². The Morgan fingerprint density at radius 1 is 1.32 bits per heavy atom. The second kappa shape index (κ2) is 5.99. The van der Waals surface area contributed by atoms with Gasteiger partial charge in [-0.1, -0.05) is 32.4 Å². The third-order valence-corrected chi connectivity index (χ3v) is 6.84. The lowest BCUT2D eigenvalue weighted by molar-refractivity contribution is -0.135. The lowest BCUT2D eigenvalue weighted by atomic mass is 10.1. The SMILES string of the molecule is CCCN(C(=O)[C@@H]1[C@@H](C=C(C)C)C1(C)C)[C@@H]1CCS(=O)(=O)C1. The summed E-state index contributed by atoms with van der Waals surface area (Å²) in [6, 6.07) is -0.124. The van der Waals surface area contributed by atoms with Crippen LogP contribution in [0.2, 0.25) is 0 Å². The highest BCUT2D eigenvalue weighted by atomic mass is 32.2. The molecule has 1 aliphatic carbocycles. The van der Waals surface area contributed by atoms with Crippen LogP contribution in [-0.4, -0.2) is 43.3 Å². The van der Waals surface area contributed by atoms with E-state index >= 15 is 0 Å². The number of amides is 1. The van der Waals surface area contributed by atoms with Crippen LogP contribution in [0.5, 0.6) is 0 Å². The van der Waals surface area contributed by atoms with Crippen molar-refractivity contribution in [3.8, 4) is 0 Å². The van der Waals surface area contributed by atoms with Crippen molar-refractivity contribution in [3.05, 3.63) is 11.6 Å². The average molecular weight is 327 g/mol. The van der Waals surface area contributed by atoms with Gasteiger partial charge in [0.15, 0.2) is 9.84 Å². The van der Waals surface area contributed by atoms with Gasteiger partial charge >= 0.3 is 0 Å². The molecule has 0 spiro atoms. The van der Waals surface area contributed by atoms with Gasteiger partial charge in [0, 0.05) is 12.6 Å². The molecule has 0 N–H and O–H groups in total. The normalized spacial score (nSPS) is 31.6. The maximum absolute atomic E-state index is 13.0. The maximum Gasteiger partial charge on any atom is 0.227 e. The van der Waals surface area contributed by atoms with Gasteiger partial charge in [-0.2, -0.15) is 0 Å². The average Bonchev–Trinajstić information content (AvgIpc) is 2.73. The molecule has 2 aliphatic rings. The Labute approximate surface area is 134 Å². The molecular formula is C17H29NO3S. The van der Waals surface area contributed by atoms with Gasteiger partial charge in [-0.15, -0.1) is 0 Å². The van der Waals surface area contributed by atoms with Crippen molar-refractivity contribution >= 4 is 15.7 Å². The molecule has 2 fully saturated rings.